The van der Waals surface area contributed by atoms with Crippen molar-refractivity contribution in [2.24, 2.45) is 5.41 Å². The Morgan fingerprint density at radius 2 is 1.68 bits per heavy atom. The van der Waals surface area contributed by atoms with Crippen molar-refractivity contribution in [2.45, 2.75) is 102 Å². The number of aryl methyl sites for hydroxylation is 2. The zero-order valence-corrected chi connectivity index (χ0v) is 26.1. The molecule has 0 fully saturated rings. The fourth-order valence-corrected chi connectivity index (χ4v) is 3.72. The molecule has 0 aliphatic heterocycles. The highest BCUT2D eigenvalue weighted by Gasteiger charge is 2.40. The number of esters is 1. The van der Waals surface area contributed by atoms with Gasteiger partial charge in [0, 0.05) is 25.0 Å². The Balaban J connectivity index is 2.72. The first-order chi connectivity index (χ1) is 17.5. The maximum Gasteiger partial charge on any atom is 0.420 e. The molecule has 37 heavy (non-hydrogen) atoms. The van der Waals surface area contributed by atoms with Gasteiger partial charge in [0.1, 0.15) is 0 Å². The lowest BCUT2D eigenvalue weighted by Crippen LogP contribution is -2.32. The van der Waals surface area contributed by atoms with Crippen LogP contribution in [0.15, 0.2) is 12.1 Å². The number of hydrogen-bond donors (Lipinski definition) is 0. The van der Waals surface area contributed by atoms with Gasteiger partial charge in [-0.15, -0.1) is 0 Å². The van der Waals surface area contributed by atoms with Gasteiger partial charge in [-0.1, -0.05) is 91.8 Å². The molecule has 0 N–H and O–H groups in total. The zero-order chi connectivity index (χ0) is 27.9. The number of halogens is 4. The fraction of sp³-hybridized carbons (Fsp3) is 0.750. The Hall–Kier alpha value is -0.930. The second-order valence-corrected chi connectivity index (χ2v) is 13.1. The van der Waals surface area contributed by atoms with Gasteiger partial charge >= 0.3 is 12.1 Å². The van der Waals surface area contributed by atoms with Crippen LogP contribution in [0.2, 0.25) is 0 Å². The van der Waals surface area contributed by atoms with Crippen LogP contribution in [-0.2, 0) is 27.1 Å². The molecule has 5 nitrogen and oxygen atoms in total. The van der Waals surface area contributed by atoms with Crippen molar-refractivity contribution in [1.29, 1.82) is 0 Å². The molecule has 0 amide bonds. The average Bonchev–Trinajstić information content (AvgIpc) is 2.82. The maximum atomic E-state index is 14.4. The molecule has 0 heterocycles. The van der Waals surface area contributed by atoms with Crippen molar-refractivity contribution in [3.05, 3.63) is 23.3 Å². The van der Waals surface area contributed by atoms with E-state index in [2.05, 4.69) is 45.7 Å². The first-order valence-electron chi connectivity index (χ1n) is 13.3. The highest BCUT2D eigenvalue weighted by Crippen LogP contribution is 2.41. The Labute approximate surface area is 238 Å². The largest absolute Gasteiger partial charge is 0.490 e. The van der Waals surface area contributed by atoms with Crippen LogP contribution in [0.25, 0.3) is 0 Å². The predicted molar refractivity (Wildman–Crippen MR) is 151 cm³/mol. The second kappa shape index (κ2) is 17.6. The topological polar surface area (TPSA) is 54.0 Å². The van der Waals surface area contributed by atoms with Crippen LogP contribution >= 0.6 is 31.9 Å². The summed E-state index contributed by atoms with van der Waals surface area (Å²) >= 11 is 5.71. The van der Waals surface area contributed by atoms with E-state index in [1.165, 1.54) is 0 Å². The third-order valence-electron chi connectivity index (χ3n) is 5.71. The van der Waals surface area contributed by atoms with Crippen LogP contribution < -0.4 is 9.47 Å². The Kier molecular flexibility index (Phi) is 16.2. The molecule has 0 radical (unpaired) electrons. The molecule has 1 aromatic rings. The molecule has 0 bridgehead atoms. The highest BCUT2D eigenvalue weighted by molar-refractivity contribution is 9.24. The van der Waals surface area contributed by atoms with Crippen molar-refractivity contribution in [1.82, 2.24) is 0 Å². The number of benzene rings is 1. The van der Waals surface area contributed by atoms with Crippen molar-refractivity contribution in [3.63, 3.8) is 0 Å². The third-order valence-corrected chi connectivity index (χ3v) is 6.78. The van der Waals surface area contributed by atoms with Gasteiger partial charge in [-0.05, 0) is 49.3 Å². The summed E-state index contributed by atoms with van der Waals surface area (Å²) < 4.78 is 49.7. The van der Waals surface area contributed by atoms with Gasteiger partial charge < -0.3 is 18.9 Å². The van der Waals surface area contributed by atoms with Crippen LogP contribution in [0.3, 0.4) is 0 Å². The number of carbonyl (C=O) groups excluding carboxylic acids is 1. The van der Waals surface area contributed by atoms with Crippen molar-refractivity contribution in [3.8, 4) is 11.5 Å². The molecule has 9 heteroatoms. The molecular formula is C28H44Br2F2O5. The quantitative estimate of drug-likeness (QED) is 0.0798. The molecule has 0 saturated heterocycles. The number of hydrogen-bond acceptors (Lipinski definition) is 5. The molecule has 0 aliphatic carbocycles. The molecule has 214 valence electrons. The number of alkyl halides is 4. The predicted octanol–water partition coefficient (Wildman–Crippen LogP) is 8.61. The van der Waals surface area contributed by atoms with Crippen LogP contribution in [0, 0.1) is 5.41 Å². The number of rotatable bonds is 20. The van der Waals surface area contributed by atoms with Crippen LogP contribution in [0.4, 0.5) is 8.78 Å². The fourth-order valence-electron chi connectivity index (χ4n) is 3.53. The van der Waals surface area contributed by atoms with Gasteiger partial charge in [-0.2, -0.15) is 8.78 Å². The van der Waals surface area contributed by atoms with E-state index in [0.29, 0.717) is 31.6 Å². The lowest BCUT2D eigenvalue weighted by atomic mass is 9.91. The molecule has 0 aliphatic rings. The van der Waals surface area contributed by atoms with E-state index in [9.17, 15) is 13.6 Å². The highest BCUT2D eigenvalue weighted by atomic mass is 79.9. The van der Waals surface area contributed by atoms with Crippen LogP contribution in [0.5, 0.6) is 11.5 Å². The van der Waals surface area contributed by atoms with Gasteiger partial charge in [-0.3, -0.25) is 4.79 Å². The lowest BCUT2D eigenvalue weighted by molar-refractivity contribution is -0.160. The molecule has 0 saturated carbocycles. The van der Waals surface area contributed by atoms with E-state index in [0.717, 1.165) is 50.7 Å². The van der Waals surface area contributed by atoms with Gasteiger partial charge in [0.15, 0.2) is 15.2 Å². The van der Waals surface area contributed by atoms with Crippen molar-refractivity contribution >= 4 is 37.8 Å². The smallest absolute Gasteiger partial charge is 0.420 e. The molecule has 0 aromatic heterocycles. The molecule has 0 spiro atoms. The Morgan fingerprint density at radius 3 is 2.30 bits per heavy atom. The number of unbranched alkanes of at least 4 members (excludes halogenated alkanes) is 1. The summed E-state index contributed by atoms with van der Waals surface area (Å²) in [4.78, 5) is 12.3. The minimum Gasteiger partial charge on any atom is -0.490 e. The first-order valence-corrected chi connectivity index (χ1v) is 15.2. The molecule has 0 unspecified atom stereocenters. The average molecular weight is 658 g/mol. The standard InChI is InChI=1S/C28H44Br2F2O5/c1-6-9-15-34-17-14-27(4,5)20-36-24(33)13-10-16-35-23-19-21(11-7-2)18-22(12-8-3)25(23)37-28(31,32)26(29)30/h18-19,26H,6-17,20H2,1-5H3. The summed E-state index contributed by atoms with van der Waals surface area (Å²) in [7, 11) is 0. The van der Waals surface area contributed by atoms with E-state index in [1.54, 1.807) is 6.07 Å². The van der Waals surface area contributed by atoms with Crippen molar-refractivity contribution < 1.29 is 32.5 Å². The molecule has 1 rings (SSSR count). The summed E-state index contributed by atoms with van der Waals surface area (Å²) in [6, 6.07) is 3.67. The maximum absolute atomic E-state index is 14.4. The SMILES string of the molecule is CCCCOCCC(C)(C)COC(=O)CCCOc1cc(CCC)cc(CCC)c1OC(F)(F)C(Br)Br. The minimum absolute atomic E-state index is 0.0427. The summed E-state index contributed by atoms with van der Waals surface area (Å²) in [5, 5.41) is 0. The lowest BCUT2D eigenvalue weighted by Gasteiger charge is -2.24. The van der Waals surface area contributed by atoms with Gasteiger partial charge in [0.05, 0.1) is 13.2 Å². The number of ether oxygens (including phenoxy) is 4. The van der Waals surface area contributed by atoms with Crippen LogP contribution in [0.1, 0.15) is 90.7 Å². The van der Waals surface area contributed by atoms with E-state index < -0.39 is 9.85 Å². The summed E-state index contributed by atoms with van der Waals surface area (Å²) in [6.45, 7) is 12.2. The number of carbonyl (C=O) groups is 1. The molecule has 1 aromatic carbocycles. The molecular weight excluding hydrogens is 614 g/mol. The first kappa shape index (κ1) is 34.1. The summed E-state index contributed by atoms with van der Waals surface area (Å²) in [6.07, 6.45) is 3.12. The molecule has 0 atom stereocenters. The van der Waals surface area contributed by atoms with Gasteiger partial charge in [0.25, 0.3) is 0 Å². The second-order valence-electron chi connectivity index (χ2n) is 10.0. The Bertz CT molecular complexity index is 803. The summed E-state index contributed by atoms with van der Waals surface area (Å²) in [5.41, 5.74) is 1.52. The van der Waals surface area contributed by atoms with E-state index >= 15 is 0 Å². The zero-order valence-electron chi connectivity index (χ0n) is 23.0. The van der Waals surface area contributed by atoms with E-state index in [4.69, 9.17) is 18.9 Å². The van der Waals surface area contributed by atoms with E-state index in [-0.39, 0.29) is 35.9 Å². The third kappa shape index (κ3) is 13.6. The van der Waals surface area contributed by atoms with Crippen molar-refractivity contribution in [2.75, 3.05) is 26.4 Å². The minimum atomic E-state index is -3.48. The Morgan fingerprint density at radius 1 is 0.973 bits per heavy atom. The van der Waals surface area contributed by atoms with Crippen LogP contribution in [-0.4, -0.2) is 42.2 Å². The van der Waals surface area contributed by atoms with Gasteiger partial charge in [-0.25, -0.2) is 0 Å². The van der Waals surface area contributed by atoms with Gasteiger partial charge in [0.2, 0.25) is 0 Å². The summed E-state index contributed by atoms with van der Waals surface area (Å²) in [5.74, 6) is 0.00721. The van der Waals surface area contributed by atoms with E-state index in [1.807, 2.05) is 26.8 Å². The normalized spacial score (nSPS) is 12.2. The monoisotopic (exact) mass is 656 g/mol.